The van der Waals surface area contributed by atoms with Crippen LogP contribution in [0.3, 0.4) is 0 Å². The molecule has 1 aromatic heterocycles. The van der Waals surface area contributed by atoms with Gasteiger partial charge in [-0.15, -0.1) is 0 Å². The number of unbranched alkanes of at least 4 members (excludes halogenated alkanes) is 1. The minimum atomic E-state index is 0.842. The summed E-state index contributed by atoms with van der Waals surface area (Å²) in [7, 11) is 0. The molecular formula is C20H29N. The molecular weight excluding hydrogens is 254 g/mol. The van der Waals surface area contributed by atoms with E-state index in [1.165, 1.54) is 43.2 Å². The summed E-state index contributed by atoms with van der Waals surface area (Å²) in [4.78, 5) is 4.75. The van der Waals surface area contributed by atoms with Crippen LogP contribution >= 0.6 is 0 Å². The normalized spacial score (nSPS) is 13.0. The van der Waals surface area contributed by atoms with Gasteiger partial charge in [-0.1, -0.05) is 70.7 Å². The number of benzene rings is 1. The lowest BCUT2D eigenvalue weighted by molar-refractivity contribution is 0.414. The average Bonchev–Trinajstić information content (AvgIpc) is 2.49. The zero-order valence-electron chi connectivity index (χ0n) is 13.8. The zero-order valence-corrected chi connectivity index (χ0v) is 13.8. The first-order chi connectivity index (χ1) is 10.1. The number of hydrogen-bond donors (Lipinski definition) is 0. The molecule has 0 unspecified atom stereocenters. The maximum Gasteiger partial charge on any atom is 0.0705 e. The second-order valence-electron chi connectivity index (χ2n) is 6.82. The van der Waals surface area contributed by atoms with Crippen molar-refractivity contribution in [2.75, 3.05) is 0 Å². The van der Waals surface area contributed by atoms with Crippen LogP contribution in [0.5, 0.6) is 0 Å². The van der Waals surface area contributed by atoms with E-state index in [2.05, 4.69) is 57.2 Å². The second kappa shape index (κ2) is 8.17. The van der Waals surface area contributed by atoms with Gasteiger partial charge in [-0.25, -0.2) is 0 Å². The molecule has 0 aliphatic carbocycles. The van der Waals surface area contributed by atoms with Crippen LogP contribution in [0.15, 0.2) is 36.4 Å². The smallest absolute Gasteiger partial charge is 0.0705 e. The monoisotopic (exact) mass is 283 g/mol. The van der Waals surface area contributed by atoms with E-state index in [1.807, 2.05) is 0 Å². The SMILES string of the molecule is CC(C)CC[C@@H](C)CCCCc1ccc2ccccc2n1. The summed E-state index contributed by atoms with van der Waals surface area (Å²) in [6, 6.07) is 12.8. The summed E-state index contributed by atoms with van der Waals surface area (Å²) in [6.45, 7) is 7.03. The lowest BCUT2D eigenvalue weighted by atomic mass is 9.94. The topological polar surface area (TPSA) is 12.9 Å². The van der Waals surface area contributed by atoms with E-state index < -0.39 is 0 Å². The van der Waals surface area contributed by atoms with Gasteiger partial charge in [-0.3, -0.25) is 4.98 Å². The van der Waals surface area contributed by atoms with Gasteiger partial charge in [0.1, 0.15) is 0 Å². The fourth-order valence-corrected chi connectivity index (χ4v) is 2.81. The van der Waals surface area contributed by atoms with E-state index in [0.717, 1.165) is 23.8 Å². The molecule has 0 bridgehead atoms. The average molecular weight is 283 g/mol. The summed E-state index contributed by atoms with van der Waals surface area (Å²) < 4.78 is 0. The van der Waals surface area contributed by atoms with Gasteiger partial charge in [0.05, 0.1) is 5.52 Å². The lowest BCUT2D eigenvalue weighted by Gasteiger charge is -2.12. The van der Waals surface area contributed by atoms with Crippen molar-refractivity contribution < 1.29 is 0 Å². The maximum atomic E-state index is 4.75. The summed E-state index contributed by atoms with van der Waals surface area (Å²) in [5.74, 6) is 1.71. The summed E-state index contributed by atoms with van der Waals surface area (Å²) in [5, 5.41) is 1.24. The Morgan fingerprint density at radius 2 is 1.67 bits per heavy atom. The highest BCUT2D eigenvalue weighted by Crippen LogP contribution is 2.18. The highest BCUT2D eigenvalue weighted by Gasteiger charge is 2.04. The number of fused-ring (bicyclic) bond motifs is 1. The first-order valence-electron chi connectivity index (χ1n) is 8.50. The van der Waals surface area contributed by atoms with E-state index in [-0.39, 0.29) is 0 Å². The molecule has 114 valence electrons. The third-order valence-corrected chi connectivity index (χ3v) is 4.27. The molecule has 1 heteroatoms. The Morgan fingerprint density at radius 3 is 2.48 bits per heavy atom. The van der Waals surface area contributed by atoms with E-state index in [1.54, 1.807) is 0 Å². The number of para-hydroxylation sites is 1. The van der Waals surface area contributed by atoms with Crippen LogP contribution in [0.1, 0.15) is 58.6 Å². The van der Waals surface area contributed by atoms with Crippen LogP contribution in [0.4, 0.5) is 0 Å². The van der Waals surface area contributed by atoms with Gasteiger partial charge < -0.3 is 0 Å². The van der Waals surface area contributed by atoms with Crippen LogP contribution in [0.2, 0.25) is 0 Å². The predicted molar refractivity (Wildman–Crippen MR) is 92.5 cm³/mol. The number of hydrogen-bond acceptors (Lipinski definition) is 1. The molecule has 0 saturated carbocycles. The van der Waals surface area contributed by atoms with Gasteiger partial charge in [-0.05, 0) is 36.8 Å². The summed E-state index contributed by atoms with van der Waals surface area (Å²) >= 11 is 0. The number of aromatic nitrogens is 1. The third kappa shape index (κ3) is 5.49. The molecule has 0 saturated heterocycles. The molecule has 0 aliphatic heterocycles. The Morgan fingerprint density at radius 1 is 0.857 bits per heavy atom. The van der Waals surface area contributed by atoms with Gasteiger partial charge in [0.25, 0.3) is 0 Å². The largest absolute Gasteiger partial charge is 0.253 e. The van der Waals surface area contributed by atoms with E-state index in [0.29, 0.717) is 0 Å². The molecule has 0 N–H and O–H groups in total. The van der Waals surface area contributed by atoms with Crippen LogP contribution in [-0.2, 0) is 6.42 Å². The van der Waals surface area contributed by atoms with Gasteiger partial charge in [0, 0.05) is 11.1 Å². The van der Waals surface area contributed by atoms with Crippen LogP contribution in [-0.4, -0.2) is 4.98 Å². The molecule has 1 heterocycles. The maximum absolute atomic E-state index is 4.75. The van der Waals surface area contributed by atoms with Crippen molar-refractivity contribution in [3.63, 3.8) is 0 Å². The molecule has 21 heavy (non-hydrogen) atoms. The van der Waals surface area contributed by atoms with E-state index in [9.17, 15) is 0 Å². The molecule has 0 amide bonds. The van der Waals surface area contributed by atoms with Crippen molar-refractivity contribution >= 4 is 10.9 Å². The van der Waals surface area contributed by atoms with Crippen molar-refractivity contribution in [1.29, 1.82) is 0 Å². The highest BCUT2D eigenvalue weighted by atomic mass is 14.7. The first-order valence-corrected chi connectivity index (χ1v) is 8.50. The number of aryl methyl sites for hydroxylation is 1. The Kier molecular flexibility index (Phi) is 6.22. The van der Waals surface area contributed by atoms with Crippen molar-refractivity contribution in [3.8, 4) is 0 Å². The fourth-order valence-electron chi connectivity index (χ4n) is 2.81. The molecule has 1 nitrogen and oxygen atoms in total. The molecule has 2 rings (SSSR count). The number of rotatable bonds is 8. The molecule has 1 aromatic carbocycles. The van der Waals surface area contributed by atoms with E-state index in [4.69, 9.17) is 4.98 Å². The predicted octanol–water partition coefficient (Wildman–Crippen LogP) is 6.02. The van der Waals surface area contributed by atoms with Gasteiger partial charge in [0.15, 0.2) is 0 Å². The fraction of sp³-hybridized carbons (Fsp3) is 0.550. The van der Waals surface area contributed by atoms with Crippen LogP contribution in [0.25, 0.3) is 10.9 Å². The molecule has 0 spiro atoms. The first kappa shape index (κ1) is 16.0. The van der Waals surface area contributed by atoms with Crippen molar-refractivity contribution in [2.24, 2.45) is 11.8 Å². The Balaban J connectivity index is 1.72. The number of pyridine rings is 1. The van der Waals surface area contributed by atoms with Crippen LogP contribution < -0.4 is 0 Å². The van der Waals surface area contributed by atoms with Gasteiger partial charge >= 0.3 is 0 Å². The Bertz CT molecular complexity index is 544. The molecule has 1 atom stereocenters. The number of nitrogens with zero attached hydrogens (tertiary/aromatic N) is 1. The lowest BCUT2D eigenvalue weighted by Crippen LogP contribution is -1.99. The highest BCUT2D eigenvalue weighted by molar-refractivity contribution is 5.78. The summed E-state index contributed by atoms with van der Waals surface area (Å²) in [5.41, 5.74) is 2.36. The standard InChI is InChI=1S/C20H29N/c1-16(2)12-13-17(3)8-4-6-10-19-15-14-18-9-5-7-11-20(18)21-19/h5,7,9,11,14-17H,4,6,8,10,12-13H2,1-3H3/t17-/m0/s1. The summed E-state index contributed by atoms with van der Waals surface area (Å²) in [6.07, 6.45) is 7.81. The zero-order chi connectivity index (χ0) is 15.1. The molecule has 0 radical (unpaired) electrons. The second-order valence-corrected chi connectivity index (χ2v) is 6.82. The minimum Gasteiger partial charge on any atom is -0.253 e. The van der Waals surface area contributed by atoms with E-state index >= 15 is 0 Å². The van der Waals surface area contributed by atoms with Crippen molar-refractivity contribution in [2.45, 2.75) is 59.3 Å². The quantitative estimate of drug-likeness (QED) is 0.540. The molecule has 2 aromatic rings. The molecule has 0 fully saturated rings. The third-order valence-electron chi connectivity index (χ3n) is 4.27. The molecule has 0 aliphatic rings. The minimum absolute atomic E-state index is 0.842. The Hall–Kier alpha value is -1.37. The van der Waals surface area contributed by atoms with Crippen molar-refractivity contribution in [3.05, 3.63) is 42.1 Å². The van der Waals surface area contributed by atoms with Crippen molar-refractivity contribution in [1.82, 2.24) is 4.98 Å². The Labute approximate surface area is 129 Å². The van der Waals surface area contributed by atoms with Gasteiger partial charge in [-0.2, -0.15) is 0 Å². The van der Waals surface area contributed by atoms with Gasteiger partial charge in [0.2, 0.25) is 0 Å². The van der Waals surface area contributed by atoms with Crippen LogP contribution in [0, 0.1) is 11.8 Å².